The minimum atomic E-state index is -3.44. The number of benzene rings is 1. The first kappa shape index (κ1) is 12.4. The maximum Gasteiger partial charge on any atom is 0.243 e. The molecule has 3 rings (SSSR count). The Morgan fingerprint density at radius 2 is 1.84 bits per heavy atom. The topological polar surface area (TPSA) is 50.5 Å². The third kappa shape index (κ3) is 2.57. The van der Waals surface area contributed by atoms with Crippen molar-refractivity contribution in [3.05, 3.63) is 54.5 Å². The van der Waals surface area contributed by atoms with E-state index in [1.165, 1.54) is 0 Å². The molecule has 0 amide bonds. The fourth-order valence-electron chi connectivity index (χ4n) is 2.06. The maximum atomic E-state index is 12.6. The number of sulfonamides is 1. The predicted octanol–water partition coefficient (Wildman–Crippen LogP) is 2.63. The smallest absolute Gasteiger partial charge is 0.243 e. The highest BCUT2D eigenvalue weighted by molar-refractivity contribution is 7.89. The highest BCUT2D eigenvalue weighted by Crippen LogP contribution is 2.33. The van der Waals surface area contributed by atoms with Crippen molar-refractivity contribution < 1.29 is 12.8 Å². The van der Waals surface area contributed by atoms with Crippen LogP contribution in [0.5, 0.6) is 0 Å². The Bertz CT molecular complexity index is 631. The second kappa shape index (κ2) is 4.83. The van der Waals surface area contributed by atoms with E-state index in [1.54, 1.807) is 47.0 Å². The minimum Gasteiger partial charge on any atom is -0.468 e. The zero-order valence-electron chi connectivity index (χ0n) is 10.4. The summed E-state index contributed by atoms with van der Waals surface area (Å²) in [5.74, 6) is 0.673. The summed E-state index contributed by atoms with van der Waals surface area (Å²) >= 11 is 0. The third-order valence-electron chi connectivity index (χ3n) is 3.20. The average molecular weight is 277 g/mol. The first-order valence-electron chi connectivity index (χ1n) is 6.27. The molecular formula is C14H15NO3S. The molecule has 0 saturated heterocycles. The Balaban J connectivity index is 1.92. The van der Waals surface area contributed by atoms with Crippen LogP contribution in [0.25, 0.3) is 0 Å². The van der Waals surface area contributed by atoms with E-state index in [4.69, 9.17) is 4.42 Å². The molecule has 1 aliphatic rings. The summed E-state index contributed by atoms with van der Waals surface area (Å²) in [7, 11) is -3.44. The fraction of sp³-hybridized carbons (Fsp3) is 0.286. The van der Waals surface area contributed by atoms with E-state index in [1.807, 2.05) is 6.07 Å². The van der Waals surface area contributed by atoms with E-state index in [0.29, 0.717) is 17.2 Å². The monoisotopic (exact) mass is 277 g/mol. The molecule has 0 radical (unpaired) electrons. The van der Waals surface area contributed by atoms with Crippen molar-refractivity contribution >= 4 is 10.0 Å². The van der Waals surface area contributed by atoms with Crippen LogP contribution in [0, 0.1) is 0 Å². The van der Waals surface area contributed by atoms with Gasteiger partial charge in [0.25, 0.3) is 0 Å². The lowest BCUT2D eigenvalue weighted by Crippen LogP contribution is -2.32. The zero-order chi connectivity index (χ0) is 13.3. The number of rotatable bonds is 5. The molecular weight excluding hydrogens is 262 g/mol. The molecule has 0 spiro atoms. The van der Waals surface area contributed by atoms with Crippen LogP contribution in [-0.4, -0.2) is 18.8 Å². The first-order chi connectivity index (χ1) is 9.18. The van der Waals surface area contributed by atoms with Crippen molar-refractivity contribution in [1.29, 1.82) is 0 Å². The van der Waals surface area contributed by atoms with E-state index in [9.17, 15) is 8.42 Å². The van der Waals surface area contributed by atoms with Gasteiger partial charge in [-0.2, -0.15) is 4.31 Å². The highest BCUT2D eigenvalue weighted by atomic mass is 32.2. The SMILES string of the molecule is O=S(=O)(c1ccccc1)N(Cc1ccco1)C1CC1. The summed E-state index contributed by atoms with van der Waals surface area (Å²) in [5.41, 5.74) is 0. The van der Waals surface area contributed by atoms with Gasteiger partial charge in [-0.3, -0.25) is 0 Å². The van der Waals surface area contributed by atoms with Gasteiger partial charge in [-0.05, 0) is 37.1 Å². The van der Waals surface area contributed by atoms with Crippen LogP contribution < -0.4 is 0 Å². The number of hydrogen-bond donors (Lipinski definition) is 0. The molecule has 0 N–H and O–H groups in total. The molecule has 0 bridgehead atoms. The largest absolute Gasteiger partial charge is 0.468 e. The van der Waals surface area contributed by atoms with Gasteiger partial charge in [0.05, 0.1) is 17.7 Å². The first-order valence-corrected chi connectivity index (χ1v) is 7.71. The Hall–Kier alpha value is -1.59. The Morgan fingerprint density at radius 3 is 2.42 bits per heavy atom. The lowest BCUT2D eigenvalue weighted by Gasteiger charge is -2.20. The molecule has 1 aromatic carbocycles. The predicted molar refractivity (Wildman–Crippen MR) is 70.9 cm³/mol. The average Bonchev–Trinajstić information content (AvgIpc) is 3.13. The summed E-state index contributed by atoms with van der Waals surface area (Å²) in [6.45, 7) is 0.300. The van der Waals surface area contributed by atoms with Gasteiger partial charge in [0.2, 0.25) is 10.0 Å². The van der Waals surface area contributed by atoms with Gasteiger partial charge in [0.15, 0.2) is 0 Å². The van der Waals surface area contributed by atoms with Gasteiger partial charge >= 0.3 is 0 Å². The maximum absolute atomic E-state index is 12.6. The third-order valence-corrected chi connectivity index (χ3v) is 5.11. The van der Waals surface area contributed by atoms with Crippen LogP contribution in [0.15, 0.2) is 58.0 Å². The van der Waals surface area contributed by atoms with E-state index in [2.05, 4.69) is 0 Å². The number of hydrogen-bond acceptors (Lipinski definition) is 3. The van der Waals surface area contributed by atoms with Crippen molar-refractivity contribution in [2.75, 3.05) is 0 Å². The van der Waals surface area contributed by atoms with Crippen molar-refractivity contribution in [1.82, 2.24) is 4.31 Å². The molecule has 0 aliphatic heterocycles. The summed E-state index contributed by atoms with van der Waals surface area (Å²) in [6, 6.07) is 12.2. The van der Waals surface area contributed by atoms with Crippen LogP contribution in [0.3, 0.4) is 0 Å². The molecule has 5 heteroatoms. The van der Waals surface area contributed by atoms with Crippen molar-refractivity contribution in [2.45, 2.75) is 30.3 Å². The molecule has 4 nitrogen and oxygen atoms in total. The molecule has 0 unspecified atom stereocenters. The normalized spacial score (nSPS) is 15.8. The van der Waals surface area contributed by atoms with Gasteiger partial charge in [-0.1, -0.05) is 18.2 Å². The lowest BCUT2D eigenvalue weighted by molar-refractivity contribution is 0.356. The van der Waals surface area contributed by atoms with Gasteiger partial charge < -0.3 is 4.42 Å². The van der Waals surface area contributed by atoms with E-state index >= 15 is 0 Å². The fourth-order valence-corrected chi connectivity index (χ4v) is 3.73. The highest BCUT2D eigenvalue weighted by Gasteiger charge is 2.38. The van der Waals surface area contributed by atoms with Crippen molar-refractivity contribution in [2.24, 2.45) is 0 Å². The quantitative estimate of drug-likeness (QED) is 0.844. The second-order valence-electron chi connectivity index (χ2n) is 4.67. The minimum absolute atomic E-state index is 0.107. The second-order valence-corrected chi connectivity index (χ2v) is 6.56. The summed E-state index contributed by atoms with van der Waals surface area (Å²) in [4.78, 5) is 0.341. The lowest BCUT2D eigenvalue weighted by atomic mass is 10.4. The molecule has 1 heterocycles. The summed E-state index contributed by atoms with van der Waals surface area (Å²) in [5, 5.41) is 0. The van der Waals surface area contributed by atoms with E-state index in [-0.39, 0.29) is 6.04 Å². The number of nitrogens with zero attached hydrogens (tertiary/aromatic N) is 1. The van der Waals surface area contributed by atoms with Gasteiger partial charge in [0, 0.05) is 6.04 Å². The molecule has 0 atom stereocenters. The van der Waals surface area contributed by atoms with Crippen LogP contribution in [0.1, 0.15) is 18.6 Å². The van der Waals surface area contributed by atoms with Gasteiger partial charge in [0.1, 0.15) is 5.76 Å². The van der Waals surface area contributed by atoms with Gasteiger partial charge in [-0.25, -0.2) is 8.42 Å². The Morgan fingerprint density at radius 1 is 1.11 bits per heavy atom. The molecule has 1 saturated carbocycles. The Labute approximate surface area is 112 Å². The van der Waals surface area contributed by atoms with Crippen LogP contribution in [0.4, 0.5) is 0 Å². The van der Waals surface area contributed by atoms with E-state index < -0.39 is 10.0 Å². The number of furan rings is 1. The zero-order valence-corrected chi connectivity index (χ0v) is 11.2. The molecule has 19 heavy (non-hydrogen) atoms. The van der Waals surface area contributed by atoms with Crippen LogP contribution >= 0.6 is 0 Å². The van der Waals surface area contributed by atoms with Crippen molar-refractivity contribution in [3.63, 3.8) is 0 Å². The summed E-state index contributed by atoms with van der Waals surface area (Å²) in [6.07, 6.45) is 3.41. The Kier molecular flexibility index (Phi) is 3.16. The standard InChI is InChI=1S/C14H15NO3S/c16-19(17,14-6-2-1-3-7-14)15(12-8-9-12)11-13-5-4-10-18-13/h1-7,10,12H,8-9,11H2. The van der Waals surface area contributed by atoms with E-state index in [0.717, 1.165) is 12.8 Å². The molecule has 1 aliphatic carbocycles. The molecule has 1 aromatic heterocycles. The molecule has 100 valence electrons. The summed E-state index contributed by atoms with van der Waals surface area (Å²) < 4.78 is 32.1. The van der Waals surface area contributed by atoms with Crippen LogP contribution in [0.2, 0.25) is 0 Å². The molecule has 2 aromatic rings. The molecule has 1 fully saturated rings. The van der Waals surface area contributed by atoms with Crippen molar-refractivity contribution in [3.8, 4) is 0 Å². The van der Waals surface area contributed by atoms with Gasteiger partial charge in [-0.15, -0.1) is 0 Å². The van der Waals surface area contributed by atoms with Crippen LogP contribution in [-0.2, 0) is 16.6 Å².